The standard InChI is InChI=1S/C15H23NO3/c1-4-18-15-7-13(5-6-14(15)17)10-16-8-11(2)19-12(3)9-16/h5-7,11-12,17H,4,8-10H2,1-3H3/t11-,12+. The summed E-state index contributed by atoms with van der Waals surface area (Å²) in [4.78, 5) is 2.38. The third-order valence-electron chi connectivity index (χ3n) is 3.23. The first-order valence-corrected chi connectivity index (χ1v) is 6.91. The molecule has 0 saturated carbocycles. The molecule has 2 rings (SSSR count). The van der Waals surface area contributed by atoms with Crippen molar-refractivity contribution < 1.29 is 14.6 Å². The second kappa shape index (κ2) is 6.26. The molecule has 0 amide bonds. The van der Waals surface area contributed by atoms with Gasteiger partial charge in [0.15, 0.2) is 11.5 Å². The largest absolute Gasteiger partial charge is 0.504 e. The Morgan fingerprint density at radius 1 is 1.32 bits per heavy atom. The first-order chi connectivity index (χ1) is 9.08. The normalized spacial score (nSPS) is 24.4. The van der Waals surface area contributed by atoms with Crippen LogP contribution in [0.4, 0.5) is 0 Å². The number of aromatic hydroxyl groups is 1. The molecule has 1 aliphatic rings. The molecule has 2 atom stereocenters. The maximum Gasteiger partial charge on any atom is 0.161 e. The summed E-state index contributed by atoms with van der Waals surface area (Å²) < 4.78 is 11.1. The lowest BCUT2D eigenvalue weighted by Gasteiger charge is -2.35. The smallest absolute Gasteiger partial charge is 0.161 e. The van der Waals surface area contributed by atoms with E-state index in [2.05, 4.69) is 18.7 Å². The van der Waals surface area contributed by atoms with Crippen LogP contribution in [0.2, 0.25) is 0 Å². The van der Waals surface area contributed by atoms with Gasteiger partial charge in [0.25, 0.3) is 0 Å². The number of rotatable bonds is 4. The summed E-state index contributed by atoms with van der Waals surface area (Å²) in [5, 5.41) is 9.70. The Morgan fingerprint density at radius 3 is 2.63 bits per heavy atom. The van der Waals surface area contributed by atoms with Gasteiger partial charge >= 0.3 is 0 Å². The third-order valence-corrected chi connectivity index (χ3v) is 3.23. The lowest BCUT2D eigenvalue weighted by atomic mass is 10.1. The number of hydrogen-bond acceptors (Lipinski definition) is 4. The highest BCUT2D eigenvalue weighted by Crippen LogP contribution is 2.27. The molecule has 4 heteroatoms. The Morgan fingerprint density at radius 2 is 2.00 bits per heavy atom. The summed E-state index contributed by atoms with van der Waals surface area (Å²) in [6.45, 7) is 9.42. The fourth-order valence-electron chi connectivity index (χ4n) is 2.60. The Labute approximate surface area is 114 Å². The van der Waals surface area contributed by atoms with E-state index < -0.39 is 0 Å². The van der Waals surface area contributed by atoms with Crippen LogP contribution < -0.4 is 4.74 Å². The molecular formula is C15H23NO3. The van der Waals surface area contributed by atoms with Gasteiger partial charge in [-0.1, -0.05) is 6.07 Å². The zero-order chi connectivity index (χ0) is 13.8. The summed E-state index contributed by atoms with van der Waals surface area (Å²) in [5.41, 5.74) is 1.16. The molecule has 4 nitrogen and oxygen atoms in total. The van der Waals surface area contributed by atoms with Gasteiger partial charge < -0.3 is 14.6 Å². The van der Waals surface area contributed by atoms with Gasteiger partial charge in [0.2, 0.25) is 0 Å². The van der Waals surface area contributed by atoms with Crippen LogP contribution in [0.3, 0.4) is 0 Å². The van der Waals surface area contributed by atoms with E-state index in [0.29, 0.717) is 12.4 Å². The van der Waals surface area contributed by atoms with Crippen LogP contribution in [-0.2, 0) is 11.3 Å². The van der Waals surface area contributed by atoms with Crippen LogP contribution in [0.25, 0.3) is 0 Å². The van der Waals surface area contributed by atoms with Crippen LogP contribution in [0.1, 0.15) is 26.3 Å². The fourth-order valence-corrected chi connectivity index (χ4v) is 2.60. The van der Waals surface area contributed by atoms with Gasteiger partial charge in [0.1, 0.15) is 0 Å². The molecule has 1 N–H and O–H groups in total. The minimum Gasteiger partial charge on any atom is -0.504 e. The van der Waals surface area contributed by atoms with Crippen LogP contribution >= 0.6 is 0 Å². The summed E-state index contributed by atoms with van der Waals surface area (Å²) in [7, 11) is 0. The van der Waals surface area contributed by atoms with Gasteiger partial charge in [-0.3, -0.25) is 4.90 Å². The average Bonchev–Trinajstić information content (AvgIpc) is 2.32. The molecule has 106 valence electrons. The van der Waals surface area contributed by atoms with Crippen LogP contribution in [0, 0.1) is 0 Å². The van der Waals surface area contributed by atoms with Crippen molar-refractivity contribution in [3.63, 3.8) is 0 Å². The minimum atomic E-state index is 0.203. The maximum atomic E-state index is 9.70. The summed E-state index contributed by atoms with van der Waals surface area (Å²) in [5.74, 6) is 0.767. The minimum absolute atomic E-state index is 0.203. The molecule has 1 aromatic carbocycles. The van der Waals surface area contributed by atoms with Crippen molar-refractivity contribution in [2.45, 2.75) is 39.5 Å². The zero-order valence-corrected chi connectivity index (χ0v) is 11.9. The summed E-state index contributed by atoms with van der Waals surface area (Å²) in [6, 6.07) is 5.57. The Balaban J connectivity index is 2.04. The first-order valence-electron chi connectivity index (χ1n) is 6.91. The number of morpholine rings is 1. The van der Waals surface area contributed by atoms with Gasteiger partial charge in [-0.2, -0.15) is 0 Å². The highest BCUT2D eigenvalue weighted by molar-refractivity contribution is 5.41. The molecule has 1 saturated heterocycles. The van der Waals surface area contributed by atoms with Crippen molar-refractivity contribution in [2.24, 2.45) is 0 Å². The maximum absolute atomic E-state index is 9.70. The highest BCUT2D eigenvalue weighted by Gasteiger charge is 2.22. The summed E-state index contributed by atoms with van der Waals surface area (Å²) >= 11 is 0. The topological polar surface area (TPSA) is 41.9 Å². The first kappa shape index (κ1) is 14.2. The number of hydrogen-bond donors (Lipinski definition) is 1. The fraction of sp³-hybridized carbons (Fsp3) is 0.600. The number of benzene rings is 1. The second-order valence-corrected chi connectivity index (χ2v) is 5.19. The van der Waals surface area contributed by atoms with Crippen LogP contribution in [0.5, 0.6) is 11.5 Å². The van der Waals surface area contributed by atoms with Crippen molar-refractivity contribution in [2.75, 3.05) is 19.7 Å². The molecular weight excluding hydrogens is 242 g/mol. The number of phenols is 1. The molecule has 1 fully saturated rings. The molecule has 19 heavy (non-hydrogen) atoms. The van der Waals surface area contributed by atoms with Gasteiger partial charge in [-0.15, -0.1) is 0 Å². The molecule has 0 spiro atoms. The van der Waals surface area contributed by atoms with E-state index in [-0.39, 0.29) is 18.0 Å². The van der Waals surface area contributed by atoms with Crippen molar-refractivity contribution >= 4 is 0 Å². The number of ether oxygens (including phenoxy) is 2. The summed E-state index contributed by atoms with van der Waals surface area (Å²) in [6.07, 6.45) is 0.541. The third kappa shape index (κ3) is 3.85. The van der Waals surface area contributed by atoms with Gasteiger partial charge in [0.05, 0.1) is 18.8 Å². The molecule has 1 aromatic rings. The Hall–Kier alpha value is -1.26. The molecule has 1 heterocycles. The highest BCUT2D eigenvalue weighted by atomic mass is 16.5. The predicted octanol–water partition coefficient (Wildman–Crippen LogP) is 2.40. The van der Waals surface area contributed by atoms with Gasteiger partial charge in [-0.05, 0) is 38.5 Å². The van der Waals surface area contributed by atoms with Gasteiger partial charge in [-0.25, -0.2) is 0 Å². The van der Waals surface area contributed by atoms with E-state index in [1.54, 1.807) is 6.07 Å². The van der Waals surface area contributed by atoms with Crippen molar-refractivity contribution in [3.05, 3.63) is 23.8 Å². The number of nitrogens with zero attached hydrogens (tertiary/aromatic N) is 1. The predicted molar refractivity (Wildman–Crippen MR) is 74.6 cm³/mol. The quantitative estimate of drug-likeness (QED) is 0.907. The molecule has 1 aliphatic heterocycles. The molecule has 0 aliphatic carbocycles. The lowest BCUT2D eigenvalue weighted by molar-refractivity contribution is -0.0705. The molecule has 0 unspecified atom stereocenters. The van der Waals surface area contributed by atoms with E-state index in [9.17, 15) is 5.11 Å². The van der Waals surface area contributed by atoms with Crippen LogP contribution in [0.15, 0.2) is 18.2 Å². The molecule has 0 aromatic heterocycles. The average molecular weight is 265 g/mol. The number of phenolic OH excluding ortho intramolecular Hbond substituents is 1. The Bertz CT molecular complexity index is 412. The van der Waals surface area contributed by atoms with E-state index in [1.165, 1.54) is 0 Å². The van der Waals surface area contributed by atoms with Crippen molar-refractivity contribution in [3.8, 4) is 11.5 Å². The van der Waals surface area contributed by atoms with Crippen LogP contribution in [-0.4, -0.2) is 41.9 Å². The Kier molecular flexibility index (Phi) is 4.66. The van der Waals surface area contributed by atoms with E-state index in [0.717, 1.165) is 25.2 Å². The molecule has 0 bridgehead atoms. The van der Waals surface area contributed by atoms with E-state index in [1.807, 2.05) is 19.1 Å². The lowest BCUT2D eigenvalue weighted by Crippen LogP contribution is -2.44. The molecule has 0 radical (unpaired) electrons. The van der Waals surface area contributed by atoms with E-state index in [4.69, 9.17) is 9.47 Å². The second-order valence-electron chi connectivity index (χ2n) is 5.19. The zero-order valence-electron chi connectivity index (χ0n) is 11.9. The van der Waals surface area contributed by atoms with Gasteiger partial charge in [0, 0.05) is 19.6 Å². The monoisotopic (exact) mass is 265 g/mol. The van der Waals surface area contributed by atoms with Crippen molar-refractivity contribution in [1.82, 2.24) is 4.90 Å². The van der Waals surface area contributed by atoms with Crippen molar-refractivity contribution in [1.29, 1.82) is 0 Å². The van der Waals surface area contributed by atoms with E-state index >= 15 is 0 Å². The SMILES string of the molecule is CCOc1cc(CN2C[C@@H](C)O[C@@H](C)C2)ccc1O.